The first-order valence-corrected chi connectivity index (χ1v) is 8.67. The quantitative estimate of drug-likeness (QED) is 0.544. The summed E-state index contributed by atoms with van der Waals surface area (Å²) in [6.07, 6.45) is 2.09. The van der Waals surface area contributed by atoms with E-state index in [9.17, 15) is 0 Å². The molecule has 3 aromatic rings. The van der Waals surface area contributed by atoms with Crippen molar-refractivity contribution in [1.82, 2.24) is 9.55 Å². The van der Waals surface area contributed by atoms with E-state index in [4.69, 9.17) is 28.2 Å². The smallest absolute Gasteiger partial charge is 0.115 e. The molecule has 0 aliphatic carbocycles. The average Bonchev–Trinajstić information content (AvgIpc) is 2.95. The fraction of sp³-hybridized carbons (Fsp3) is 0.250. The summed E-state index contributed by atoms with van der Waals surface area (Å²) in [5.41, 5.74) is 3.08. The van der Waals surface area contributed by atoms with Crippen LogP contribution < -0.4 is 0 Å². The van der Waals surface area contributed by atoms with Crippen LogP contribution >= 0.6 is 23.2 Å². The zero-order valence-electron chi connectivity index (χ0n) is 14.1. The Morgan fingerprint density at radius 3 is 2.29 bits per heavy atom. The van der Waals surface area contributed by atoms with Gasteiger partial charge in [-0.2, -0.15) is 0 Å². The van der Waals surface area contributed by atoms with Crippen molar-refractivity contribution in [2.45, 2.75) is 32.7 Å². The molecule has 3 rings (SSSR count). The molecule has 2 aromatic carbocycles. The molecule has 1 heterocycles. The molecule has 1 aromatic heterocycles. The van der Waals surface area contributed by atoms with Crippen LogP contribution in [0, 0.1) is 0 Å². The maximum Gasteiger partial charge on any atom is 0.115 e. The Kier molecular flexibility index (Phi) is 4.71. The van der Waals surface area contributed by atoms with Gasteiger partial charge in [-0.25, -0.2) is 4.98 Å². The predicted molar refractivity (Wildman–Crippen MR) is 102 cm³/mol. The van der Waals surface area contributed by atoms with E-state index in [1.807, 2.05) is 24.3 Å². The van der Waals surface area contributed by atoms with Crippen LogP contribution in [0.15, 0.2) is 54.7 Å². The summed E-state index contributed by atoms with van der Waals surface area (Å²) in [4.78, 5) is 4.88. The van der Waals surface area contributed by atoms with E-state index in [0.29, 0.717) is 10.0 Å². The first kappa shape index (κ1) is 17.1. The van der Waals surface area contributed by atoms with E-state index < -0.39 is 0 Å². The summed E-state index contributed by atoms with van der Waals surface area (Å²) >= 11 is 12.2. The van der Waals surface area contributed by atoms with Crippen molar-refractivity contribution in [2.24, 2.45) is 0 Å². The monoisotopic (exact) mass is 358 g/mol. The Bertz CT molecular complexity index is 846. The maximum absolute atomic E-state index is 6.16. The minimum atomic E-state index is -0.0523. The predicted octanol–water partition coefficient (Wildman–Crippen LogP) is 6.20. The van der Waals surface area contributed by atoms with Gasteiger partial charge in [-0.3, -0.25) is 0 Å². The summed E-state index contributed by atoms with van der Waals surface area (Å²) in [5, 5.41) is 1.10. The highest BCUT2D eigenvalue weighted by molar-refractivity contribution is 6.42. The second-order valence-electron chi connectivity index (χ2n) is 6.94. The lowest BCUT2D eigenvalue weighted by atomic mass is 9.95. The highest BCUT2D eigenvalue weighted by Gasteiger charge is 2.22. The lowest BCUT2D eigenvalue weighted by Crippen LogP contribution is -2.19. The first-order chi connectivity index (χ1) is 11.3. The van der Waals surface area contributed by atoms with Crippen LogP contribution in [0.3, 0.4) is 0 Å². The molecule has 2 nitrogen and oxygen atoms in total. The van der Waals surface area contributed by atoms with Crippen molar-refractivity contribution in [1.29, 1.82) is 0 Å². The lowest BCUT2D eigenvalue weighted by Gasteiger charge is -2.19. The van der Waals surface area contributed by atoms with Crippen LogP contribution in [-0.4, -0.2) is 9.55 Å². The van der Waals surface area contributed by atoms with E-state index in [1.54, 1.807) is 0 Å². The van der Waals surface area contributed by atoms with Gasteiger partial charge in [-0.1, -0.05) is 80.4 Å². The normalized spacial score (nSPS) is 11.7. The molecule has 24 heavy (non-hydrogen) atoms. The molecule has 0 aliphatic rings. The van der Waals surface area contributed by atoms with Crippen molar-refractivity contribution in [3.05, 3.63) is 76.2 Å². The Hall–Kier alpha value is -1.77. The summed E-state index contributed by atoms with van der Waals surface area (Å²) in [5.74, 6) is 1.05. The number of hydrogen-bond acceptors (Lipinski definition) is 1. The van der Waals surface area contributed by atoms with Gasteiger partial charge in [-0.05, 0) is 17.7 Å². The van der Waals surface area contributed by atoms with Crippen LogP contribution in [0.1, 0.15) is 32.2 Å². The molecular formula is C20H20Cl2N2. The number of imidazole rings is 1. The van der Waals surface area contributed by atoms with Crippen molar-refractivity contribution < 1.29 is 0 Å². The number of halogens is 2. The van der Waals surface area contributed by atoms with Crippen molar-refractivity contribution in [3.63, 3.8) is 0 Å². The number of benzene rings is 2. The average molecular weight is 359 g/mol. The number of aromatic nitrogens is 2. The van der Waals surface area contributed by atoms with Gasteiger partial charge in [-0.15, -0.1) is 0 Å². The molecule has 4 heteroatoms. The van der Waals surface area contributed by atoms with Crippen molar-refractivity contribution in [2.75, 3.05) is 0 Å². The Morgan fingerprint density at radius 2 is 1.67 bits per heavy atom. The molecule has 0 radical (unpaired) electrons. The topological polar surface area (TPSA) is 17.8 Å². The molecule has 0 fully saturated rings. The molecule has 0 amide bonds. The van der Waals surface area contributed by atoms with Crippen LogP contribution in [0.4, 0.5) is 0 Å². The first-order valence-electron chi connectivity index (χ1n) is 7.91. The van der Waals surface area contributed by atoms with E-state index in [2.05, 4.69) is 55.8 Å². The van der Waals surface area contributed by atoms with E-state index >= 15 is 0 Å². The molecule has 0 spiro atoms. The van der Waals surface area contributed by atoms with Crippen LogP contribution in [0.5, 0.6) is 0 Å². The Labute approximate surface area is 153 Å². The molecule has 0 atom stereocenters. The van der Waals surface area contributed by atoms with Gasteiger partial charge in [0.15, 0.2) is 0 Å². The zero-order valence-corrected chi connectivity index (χ0v) is 15.6. The van der Waals surface area contributed by atoms with Crippen molar-refractivity contribution >= 4 is 23.2 Å². The van der Waals surface area contributed by atoms with Gasteiger partial charge in [0.2, 0.25) is 0 Å². The summed E-state index contributed by atoms with van der Waals surface area (Å²) < 4.78 is 2.22. The molecule has 0 saturated heterocycles. The largest absolute Gasteiger partial charge is 0.329 e. The molecule has 0 aliphatic heterocycles. The second-order valence-corrected chi connectivity index (χ2v) is 7.76. The van der Waals surface area contributed by atoms with Crippen molar-refractivity contribution in [3.8, 4) is 11.3 Å². The van der Waals surface area contributed by atoms with Crippen LogP contribution in [-0.2, 0) is 12.0 Å². The SMILES string of the molecule is CC(C)(C)c1nc(-c2ccc(Cl)c(Cl)c2)cn1Cc1ccccc1. The van der Waals surface area contributed by atoms with Crippen LogP contribution in [0.2, 0.25) is 10.0 Å². The summed E-state index contributed by atoms with van der Waals surface area (Å²) in [7, 11) is 0. The lowest BCUT2D eigenvalue weighted by molar-refractivity contribution is 0.511. The van der Waals surface area contributed by atoms with E-state index in [-0.39, 0.29) is 5.41 Å². The van der Waals surface area contributed by atoms with E-state index in [0.717, 1.165) is 23.6 Å². The third-order valence-corrected chi connectivity index (χ3v) is 4.60. The highest BCUT2D eigenvalue weighted by atomic mass is 35.5. The minimum absolute atomic E-state index is 0.0523. The second kappa shape index (κ2) is 6.62. The fourth-order valence-corrected chi connectivity index (χ4v) is 3.01. The molecule has 0 N–H and O–H groups in total. The molecular weight excluding hydrogens is 339 g/mol. The van der Waals surface area contributed by atoms with E-state index in [1.165, 1.54) is 5.56 Å². The third kappa shape index (κ3) is 3.66. The Balaban J connectivity index is 2.04. The summed E-state index contributed by atoms with van der Waals surface area (Å²) in [6.45, 7) is 7.32. The van der Waals surface area contributed by atoms with Gasteiger partial charge in [0, 0.05) is 23.7 Å². The number of nitrogens with zero attached hydrogens (tertiary/aromatic N) is 2. The Morgan fingerprint density at radius 1 is 0.958 bits per heavy atom. The summed E-state index contributed by atoms with van der Waals surface area (Å²) in [6, 6.07) is 16.0. The van der Waals surface area contributed by atoms with Gasteiger partial charge < -0.3 is 4.57 Å². The molecule has 0 saturated carbocycles. The number of hydrogen-bond donors (Lipinski definition) is 0. The van der Waals surface area contributed by atoms with Gasteiger partial charge >= 0.3 is 0 Å². The minimum Gasteiger partial charge on any atom is -0.329 e. The highest BCUT2D eigenvalue weighted by Crippen LogP contribution is 2.31. The molecule has 0 bridgehead atoms. The van der Waals surface area contributed by atoms with Gasteiger partial charge in [0.05, 0.1) is 15.7 Å². The molecule has 0 unspecified atom stereocenters. The van der Waals surface area contributed by atoms with Gasteiger partial charge in [0.1, 0.15) is 5.82 Å². The standard InChI is InChI=1S/C20H20Cl2N2/c1-20(2,3)19-23-18(15-9-10-16(21)17(22)11-15)13-24(19)12-14-7-5-4-6-8-14/h4-11,13H,12H2,1-3H3. The van der Waals surface area contributed by atoms with Crippen LogP contribution in [0.25, 0.3) is 11.3 Å². The van der Waals surface area contributed by atoms with Gasteiger partial charge in [0.25, 0.3) is 0 Å². The zero-order chi connectivity index (χ0) is 17.3. The fourth-order valence-electron chi connectivity index (χ4n) is 2.71. The number of rotatable bonds is 3. The third-order valence-electron chi connectivity index (χ3n) is 3.86. The maximum atomic E-state index is 6.16. The molecule has 124 valence electrons.